The highest BCUT2D eigenvalue weighted by Gasteiger charge is 2.33. The van der Waals surface area contributed by atoms with Gasteiger partial charge < -0.3 is 5.73 Å². The molecule has 25 heavy (non-hydrogen) atoms. The van der Waals surface area contributed by atoms with E-state index in [0.29, 0.717) is 11.5 Å². The normalized spacial score (nSPS) is 17.0. The summed E-state index contributed by atoms with van der Waals surface area (Å²) in [5.74, 6) is 0.112. The molecule has 5 heteroatoms. The highest BCUT2D eigenvalue weighted by Crippen LogP contribution is 2.44. The van der Waals surface area contributed by atoms with Gasteiger partial charge in [0.1, 0.15) is 23.3 Å². The maximum absolute atomic E-state index is 14.6. The summed E-state index contributed by atoms with van der Waals surface area (Å²) in [5, 5.41) is 9.91. The first-order chi connectivity index (χ1) is 11.7. The van der Waals surface area contributed by atoms with Gasteiger partial charge in [-0.25, -0.2) is 9.37 Å². The molecule has 0 bridgehead atoms. The average molecular weight is 358 g/mol. The maximum Gasteiger partial charge on any atom is 0.142 e. The summed E-state index contributed by atoms with van der Waals surface area (Å²) in [4.78, 5) is 4.44. The van der Waals surface area contributed by atoms with Crippen LogP contribution in [-0.4, -0.2) is 4.98 Å². The molecule has 0 saturated heterocycles. The lowest BCUT2D eigenvalue weighted by Crippen LogP contribution is -2.28. The van der Waals surface area contributed by atoms with Crippen molar-refractivity contribution in [2.24, 2.45) is 11.3 Å². The Morgan fingerprint density at radius 2 is 2.04 bits per heavy atom. The van der Waals surface area contributed by atoms with Crippen LogP contribution in [0, 0.1) is 28.5 Å². The molecule has 0 radical (unpaired) electrons. The molecule has 1 aromatic carbocycles. The summed E-state index contributed by atoms with van der Waals surface area (Å²) in [7, 11) is 0. The van der Waals surface area contributed by atoms with Gasteiger partial charge in [0.25, 0.3) is 0 Å². The number of aryl methyl sites for hydroxylation is 1. The third-order valence-electron chi connectivity index (χ3n) is 5.14. The number of halogens is 2. The molecule has 0 aliphatic heterocycles. The van der Waals surface area contributed by atoms with Gasteiger partial charge in [0, 0.05) is 16.8 Å². The number of pyridine rings is 1. The number of nitrogens with two attached hydrogens (primary N) is 1. The lowest BCUT2D eigenvalue weighted by atomic mass is 9.70. The Balaban J connectivity index is 2.31. The fourth-order valence-corrected chi connectivity index (χ4v) is 3.90. The number of aromatic nitrogens is 1. The van der Waals surface area contributed by atoms with Crippen LogP contribution in [0.15, 0.2) is 18.2 Å². The minimum absolute atomic E-state index is 0.113. The Hall–Kier alpha value is -2.12. The smallest absolute Gasteiger partial charge is 0.142 e. The van der Waals surface area contributed by atoms with Crippen molar-refractivity contribution in [2.75, 3.05) is 5.73 Å². The Kier molecular flexibility index (Phi) is 4.47. The van der Waals surface area contributed by atoms with Crippen molar-refractivity contribution in [3.05, 3.63) is 45.9 Å². The molecule has 1 unspecified atom stereocenters. The van der Waals surface area contributed by atoms with E-state index in [2.05, 4.69) is 31.8 Å². The fourth-order valence-electron chi connectivity index (χ4n) is 3.64. The summed E-state index contributed by atoms with van der Waals surface area (Å²) in [5.41, 5.74) is 8.86. The van der Waals surface area contributed by atoms with E-state index in [0.717, 1.165) is 30.5 Å². The number of nitrogen functional groups attached to an aromatic ring is 1. The van der Waals surface area contributed by atoms with Crippen LogP contribution in [-0.2, 0) is 12.8 Å². The summed E-state index contributed by atoms with van der Waals surface area (Å²) in [6.07, 6.45) is 2.51. The van der Waals surface area contributed by atoms with Crippen molar-refractivity contribution in [3.8, 4) is 17.2 Å². The molecule has 0 fully saturated rings. The molecule has 0 saturated carbocycles. The Labute approximate surface area is 152 Å². The Bertz CT molecular complexity index is 858. The van der Waals surface area contributed by atoms with E-state index in [4.69, 9.17) is 17.3 Å². The second kappa shape index (κ2) is 6.31. The van der Waals surface area contributed by atoms with E-state index in [-0.39, 0.29) is 27.4 Å². The second-order valence-corrected chi connectivity index (χ2v) is 8.09. The number of fused-ring (bicyclic) bond motifs is 1. The standard InChI is InChI=1S/C20H21ClFN3/c1-20(2,3)11-7-8-16-12(9-11)17(13(10-23)19(24)25-16)18-14(21)5-4-6-15(18)22/h4-6,11H,7-9H2,1-3H3,(H2,24,25). The molecule has 2 N–H and O–H groups in total. The van der Waals surface area contributed by atoms with Crippen LogP contribution in [0.3, 0.4) is 0 Å². The third kappa shape index (κ3) is 3.09. The van der Waals surface area contributed by atoms with E-state index < -0.39 is 5.82 Å². The molecule has 0 amide bonds. The summed E-state index contributed by atoms with van der Waals surface area (Å²) in [6.45, 7) is 6.61. The molecule has 2 aromatic rings. The number of rotatable bonds is 1. The van der Waals surface area contributed by atoms with Gasteiger partial charge >= 0.3 is 0 Å². The molecular weight excluding hydrogens is 337 g/mol. The predicted molar refractivity (Wildman–Crippen MR) is 98.7 cm³/mol. The molecule has 3 rings (SSSR count). The van der Waals surface area contributed by atoms with Crippen molar-refractivity contribution < 1.29 is 4.39 Å². The topological polar surface area (TPSA) is 62.7 Å². The molecule has 1 heterocycles. The maximum atomic E-state index is 14.6. The van der Waals surface area contributed by atoms with Gasteiger partial charge in [-0.05, 0) is 48.3 Å². The zero-order valence-corrected chi connectivity index (χ0v) is 15.4. The van der Waals surface area contributed by atoms with Gasteiger partial charge in [-0.15, -0.1) is 0 Å². The molecule has 1 aliphatic carbocycles. The third-order valence-corrected chi connectivity index (χ3v) is 5.46. The molecule has 130 valence electrons. The minimum Gasteiger partial charge on any atom is -0.383 e. The highest BCUT2D eigenvalue weighted by molar-refractivity contribution is 6.33. The Morgan fingerprint density at radius 3 is 2.64 bits per heavy atom. The van der Waals surface area contributed by atoms with Crippen LogP contribution in [0.1, 0.15) is 44.0 Å². The van der Waals surface area contributed by atoms with Gasteiger partial charge in [0.05, 0.1) is 5.02 Å². The van der Waals surface area contributed by atoms with E-state index in [9.17, 15) is 9.65 Å². The molecule has 0 spiro atoms. The second-order valence-electron chi connectivity index (χ2n) is 7.69. The lowest BCUT2D eigenvalue weighted by molar-refractivity contribution is 0.215. The Morgan fingerprint density at radius 1 is 1.32 bits per heavy atom. The van der Waals surface area contributed by atoms with Crippen LogP contribution >= 0.6 is 11.6 Å². The number of hydrogen-bond acceptors (Lipinski definition) is 3. The van der Waals surface area contributed by atoms with Gasteiger partial charge in [-0.2, -0.15) is 5.26 Å². The molecule has 1 aliphatic rings. The summed E-state index contributed by atoms with van der Waals surface area (Å²) in [6, 6.07) is 6.66. The van der Waals surface area contributed by atoms with Crippen molar-refractivity contribution in [2.45, 2.75) is 40.0 Å². The van der Waals surface area contributed by atoms with Gasteiger partial charge in [-0.3, -0.25) is 0 Å². The number of benzene rings is 1. The molecular formula is C20H21ClFN3. The van der Waals surface area contributed by atoms with Crippen LogP contribution in [0.5, 0.6) is 0 Å². The SMILES string of the molecule is CC(C)(C)C1CCc2nc(N)c(C#N)c(-c3c(F)cccc3Cl)c2C1. The zero-order valence-electron chi connectivity index (χ0n) is 14.7. The summed E-state index contributed by atoms with van der Waals surface area (Å²) >= 11 is 6.30. The first-order valence-corrected chi connectivity index (χ1v) is 8.77. The van der Waals surface area contributed by atoms with E-state index in [1.807, 2.05) is 0 Å². The van der Waals surface area contributed by atoms with Crippen molar-refractivity contribution in [1.29, 1.82) is 5.26 Å². The predicted octanol–water partition coefficient (Wildman–Crippen LogP) is 5.15. The first-order valence-electron chi connectivity index (χ1n) is 8.39. The lowest BCUT2D eigenvalue weighted by Gasteiger charge is -2.35. The van der Waals surface area contributed by atoms with Crippen LogP contribution < -0.4 is 5.73 Å². The van der Waals surface area contributed by atoms with Gasteiger partial charge in [-0.1, -0.05) is 38.4 Å². The van der Waals surface area contributed by atoms with Crippen LogP contribution in [0.2, 0.25) is 5.02 Å². The number of nitrogens with zero attached hydrogens (tertiary/aromatic N) is 2. The van der Waals surface area contributed by atoms with Gasteiger partial charge in [0.15, 0.2) is 0 Å². The van der Waals surface area contributed by atoms with E-state index in [1.54, 1.807) is 12.1 Å². The average Bonchev–Trinajstić information content (AvgIpc) is 2.53. The van der Waals surface area contributed by atoms with Gasteiger partial charge in [0.2, 0.25) is 0 Å². The monoisotopic (exact) mass is 357 g/mol. The van der Waals surface area contributed by atoms with Crippen molar-refractivity contribution in [1.82, 2.24) is 4.98 Å². The molecule has 1 atom stereocenters. The first kappa shape index (κ1) is 17.7. The number of nitriles is 1. The minimum atomic E-state index is -0.449. The van der Waals surface area contributed by atoms with E-state index >= 15 is 0 Å². The zero-order chi connectivity index (χ0) is 18.4. The molecule has 3 nitrogen and oxygen atoms in total. The van der Waals surface area contributed by atoms with E-state index in [1.165, 1.54) is 6.07 Å². The van der Waals surface area contributed by atoms with Crippen molar-refractivity contribution in [3.63, 3.8) is 0 Å². The quantitative estimate of drug-likeness (QED) is 0.768. The number of anilines is 1. The largest absolute Gasteiger partial charge is 0.383 e. The highest BCUT2D eigenvalue weighted by atomic mass is 35.5. The van der Waals surface area contributed by atoms with Crippen molar-refractivity contribution >= 4 is 17.4 Å². The fraction of sp³-hybridized carbons (Fsp3) is 0.400. The summed E-state index contributed by atoms with van der Waals surface area (Å²) < 4.78 is 14.6. The number of hydrogen-bond donors (Lipinski definition) is 1. The molecule has 1 aromatic heterocycles. The van der Waals surface area contributed by atoms with Crippen LogP contribution in [0.25, 0.3) is 11.1 Å². The van der Waals surface area contributed by atoms with Crippen LogP contribution in [0.4, 0.5) is 10.2 Å².